The molecule has 0 saturated carbocycles. The van der Waals surface area contributed by atoms with Crippen LogP contribution in [0.3, 0.4) is 0 Å². The molecule has 3 nitrogen and oxygen atoms in total. The molecular formula is C20H41NO2. The van der Waals surface area contributed by atoms with Gasteiger partial charge in [0, 0.05) is 18.3 Å². The third-order valence-corrected chi connectivity index (χ3v) is 4.84. The van der Waals surface area contributed by atoms with E-state index in [1.165, 1.54) is 89.9 Å². The van der Waals surface area contributed by atoms with E-state index < -0.39 is 0 Å². The molecule has 0 aliphatic rings. The Morgan fingerprint density at radius 3 is 1.26 bits per heavy atom. The molecule has 0 spiro atoms. The van der Waals surface area contributed by atoms with Crippen molar-refractivity contribution in [2.24, 2.45) is 0 Å². The van der Waals surface area contributed by atoms with Crippen LogP contribution in [-0.2, 0) is 0 Å². The second kappa shape index (κ2) is 17.7. The molecular weight excluding hydrogens is 286 g/mol. The smallest absolute Gasteiger partial charge is 0.210 e. The van der Waals surface area contributed by atoms with Gasteiger partial charge in [0.2, 0.25) is 6.04 Å². The van der Waals surface area contributed by atoms with Crippen LogP contribution in [0.25, 0.3) is 0 Å². The maximum absolute atomic E-state index is 10.5. The van der Waals surface area contributed by atoms with Gasteiger partial charge in [0.05, 0.1) is 0 Å². The van der Waals surface area contributed by atoms with E-state index in [4.69, 9.17) is 0 Å². The van der Waals surface area contributed by atoms with Crippen LogP contribution in [-0.4, -0.2) is 11.0 Å². The highest BCUT2D eigenvalue weighted by molar-refractivity contribution is 4.52. The molecule has 0 bridgehead atoms. The number of unbranched alkanes of at least 4 members (excludes halogenated alkanes) is 15. The third kappa shape index (κ3) is 17.6. The summed E-state index contributed by atoms with van der Waals surface area (Å²) in [7, 11) is 0. The maximum atomic E-state index is 10.5. The molecule has 0 aromatic heterocycles. The van der Waals surface area contributed by atoms with Gasteiger partial charge in [0.1, 0.15) is 0 Å². The minimum absolute atomic E-state index is 0.162. The van der Waals surface area contributed by atoms with Gasteiger partial charge in [-0.1, -0.05) is 103 Å². The van der Waals surface area contributed by atoms with Gasteiger partial charge in [0.15, 0.2) is 0 Å². The van der Waals surface area contributed by atoms with E-state index in [2.05, 4.69) is 6.92 Å². The highest BCUT2D eigenvalue weighted by atomic mass is 16.6. The van der Waals surface area contributed by atoms with Crippen molar-refractivity contribution in [3.63, 3.8) is 0 Å². The molecule has 0 radical (unpaired) electrons. The largest absolute Gasteiger partial charge is 0.264 e. The van der Waals surface area contributed by atoms with Crippen molar-refractivity contribution in [2.75, 3.05) is 0 Å². The van der Waals surface area contributed by atoms with Gasteiger partial charge in [-0.05, 0) is 6.42 Å². The van der Waals surface area contributed by atoms with Gasteiger partial charge in [-0.2, -0.15) is 0 Å². The number of nitrogens with zero attached hydrogens (tertiary/aromatic N) is 1. The van der Waals surface area contributed by atoms with Crippen LogP contribution in [0.15, 0.2) is 0 Å². The Balaban J connectivity index is 3.04. The van der Waals surface area contributed by atoms with Gasteiger partial charge in [0.25, 0.3) is 0 Å². The molecule has 0 aliphatic carbocycles. The second-order valence-electron chi connectivity index (χ2n) is 7.23. The first kappa shape index (κ1) is 22.4. The average molecular weight is 328 g/mol. The lowest BCUT2D eigenvalue weighted by atomic mass is 10.0. The summed E-state index contributed by atoms with van der Waals surface area (Å²) >= 11 is 0. The standard InChI is InChI=1S/C20H41NO2/c1-3-4-5-6-7-8-9-10-11-12-13-14-15-16-17-18-19-20(2)21(22)23/h20H,3-19H2,1-2H3. The lowest BCUT2D eigenvalue weighted by Crippen LogP contribution is -2.14. The second-order valence-corrected chi connectivity index (χ2v) is 7.23. The van der Waals surface area contributed by atoms with E-state index in [-0.39, 0.29) is 11.0 Å². The van der Waals surface area contributed by atoms with E-state index in [1.807, 2.05) is 0 Å². The summed E-state index contributed by atoms with van der Waals surface area (Å²) in [5.74, 6) is 0. The minimum atomic E-state index is -0.360. The van der Waals surface area contributed by atoms with Crippen molar-refractivity contribution in [2.45, 2.75) is 129 Å². The fraction of sp³-hybridized carbons (Fsp3) is 1.00. The van der Waals surface area contributed by atoms with Crippen LogP contribution >= 0.6 is 0 Å². The number of rotatable bonds is 18. The average Bonchev–Trinajstić information content (AvgIpc) is 2.54. The van der Waals surface area contributed by atoms with Crippen molar-refractivity contribution < 1.29 is 4.92 Å². The first-order valence-electron chi connectivity index (χ1n) is 10.3. The predicted molar refractivity (Wildman–Crippen MR) is 101 cm³/mol. The van der Waals surface area contributed by atoms with E-state index in [9.17, 15) is 10.1 Å². The number of nitro groups is 1. The van der Waals surface area contributed by atoms with Crippen molar-refractivity contribution in [3.05, 3.63) is 10.1 Å². The molecule has 1 unspecified atom stereocenters. The monoisotopic (exact) mass is 327 g/mol. The summed E-state index contributed by atoms with van der Waals surface area (Å²) in [6.07, 6.45) is 22.4. The number of hydrogen-bond acceptors (Lipinski definition) is 2. The van der Waals surface area contributed by atoms with E-state index >= 15 is 0 Å². The van der Waals surface area contributed by atoms with Gasteiger partial charge < -0.3 is 0 Å². The molecule has 0 fully saturated rings. The van der Waals surface area contributed by atoms with E-state index in [1.54, 1.807) is 6.92 Å². The zero-order valence-corrected chi connectivity index (χ0v) is 15.9. The molecule has 138 valence electrons. The zero-order chi connectivity index (χ0) is 17.2. The van der Waals surface area contributed by atoms with Crippen LogP contribution in [0.1, 0.15) is 123 Å². The summed E-state index contributed by atoms with van der Waals surface area (Å²) in [5, 5.41) is 10.5. The Hall–Kier alpha value is -0.600. The molecule has 1 atom stereocenters. The van der Waals surface area contributed by atoms with Gasteiger partial charge in [-0.25, -0.2) is 0 Å². The Morgan fingerprint density at radius 2 is 0.957 bits per heavy atom. The van der Waals surface area contributed by atoms with E-state index in [0.29, 0.717) is 0 Å². The van der Waals surface area contributed by atoms with Crippen molar-refractivity contribution in [1.29, 1.82) is 0 Å². The molecule has 3 heteroatoms. The molecule has 0 aliphatic heterocycles. The summed E-state index contributed by atoms with van der Waals surface area (Å²) in [6, 6.07) is -0.360. The summed E-state index contributed by atoms with van der Waals surface area (Å²) in [5.41, 5.74) is 0. The topological polar surface area (TPSA) is 43.1 Å². The summed E-state index contributed by atoms with van der Waals surface area (Å²) < 4.78 is 0. The molecule has 0 rings (SSSR count). The Morgan fingerprint density at radius 1 is 0.652 bits per heavy atom. The summed E-state index contributed by atoms with van der Waals surface area (Å²) in [6.45, 7) is 3.99. The quantitative estimate of drug-likeness (QED) is 0.150. The maximum Gasteiger partial charge on any atom is 0.210 e. The van der Waals surface area contributed by atoms with Crippen molar-refractivity contribution in [1.82, 2.24) is 0 Å². The lowest BCUT2D eigenvalue weighted by Gasteiger charge is -2.04. The zero-order valence-electron chi connectivity index (χ0n) is 15.9. The lowest BCUT2D eigenvalue weighted by molar-refractivity contribution is -0.519. The SMILES string of the molecule is CCCCCCCCCCCCCCCCCCC(C)[N+](=O)[O-]. The van der Waals surface area contributed by atoms with Gasteiger partial charge in [-0.3, -0.25) is 10.1 Å². The Kier molecular flexibility index (Phi) is 17.3. The first-order chi connectivity index (χ1) is 11.2. The third-order valence-electron chi connectivity index (χ3n) is 4.84. The molecule has 0 aromatic carbocycles. The fourth-order valence-electron chi connectivity index (χ4n) is 3.09. The van der Waals surface area contributed by atoms with Gasteiger partial charge >= 0.3 is 0 Å². The number of hydrogen-bond donors (Lipinski definition) is 0. The van der Waals surface area contributed by atoms with Crippen molar-refractivity contribution >= 4 is 0 Å². The molecule has 0 amide bonds. The highest BCUT2D eigenvalue weighted by Gasteiger charge is 2.10. The summed E-state index contributed by atoms with van der Waals surface area (Å²) in [4.78, 5) is 10.3. The predicted octanol–water partition coefficient (Wildman–Crippen LogP) is 7.30. The van der Waals surface area contributed by atoms with Crippen molar-refractivity contribution in [3.8, 4) is 0 Å². The van der Waals surface area contributed by atoms with Crippen LogP contribution in [0.5, 0.6) is 0 Å². The van der Waals surface area contributed by atoms with Crippen LogP contribution in [0.2, 0.25) is 0 Å². The Bertz CT molecular complexity index is 256. The Labute approximate surface area is 144 Å². The van der Waals surface area contributed by atoms with E-state index in [0.717, 1.165) is 19.3 Å². The molecule has 0 heterocycles. The molecule has 23 heavy (non-hydrogen) atoms. The highest BCUT2D eigenvalue weighted by Crippen LogP contribution is 2.14. The normalized spacial score (nSPS) is 12.4. The molecule has 0 saturated heterocycles. The molecule has 0 N–H and O–H groups in total. The van der Waals surface area contributed by atoms with Crippen LogP contribution < -0.4 is 0 Å². The molecule has 0 aromatic rings. The van der Waals surface area contributed by atoms with Crippen LogP contribution in [0, 0.1) is 10.1 Å². The van der Waals surface area contributed by atoms with Crippen LogP contribution in [0.4, 0.5) is 0 Å². The first-order valence-corrected chi connectivity index (χ1v) is 10.3. The van der Waals surface area contributed by atoms with Gasteiger partial charge in [-0.15, -0.1) is 0 Å². The minimum Gasteiger partial charge on any atom is -0.264 e. The fourth-order valence-corrected chi connectivity index (χ4v) is 3.09.